The van der Waals surface area contributed by atoms with Crippen LogP contribution in [0.3, 0.4) is 0 Å². The fraction of sp³-hybridized carbons (Fsp3) is 0.769. The van der Waals surface area contributed by atoms with Gasteiger partial charge in [0.25, 0.3) is 0 Å². The number of carbonyl (C=O) groups excluding carboxylic acids is 3. The van der Waals surface area contributed by atoms with Gasteiger partial charge in [-0.3, -0.25) is 14.4 Å². The number of nitrogens with one attached hydrogen (secondary N) is 1. The van der Waals surface area contributed by atoms with Gasteiger partial charge in [-0.1, -0.05) is 0 Å². The van der Waals surface area contributed by atoms with Crippen LogP contribution in [0, 0.1) is 0 Å². The molecule has 0 aromatic carbocycles. The van der Waals surface area contributed by atoms with Gasteiger partial charge in [0.1, 0.15) is 18.7 Å². The molecule has 8 heteroatoms. The number of aliphatic hydroxyl groups is 1. The number of fused-ring (bicyclic) bond motifs is 2. The van der Waals surface area contributed by atoms with Crippen LogP contribution < -0.4 is 5.32 Å². The lowest BCUT2D eigenvalue weighted by Crippen LogP contribution is -2.64. The van der Waals surface area contributed by atoms with Crippen molar-refractivity contribution in [3.05, 3.63) is 0 Å². The molecule has 0 spiro atoms. The van der Waals surface area contributed by atoms with E-state index in [0.29, 0.717) is 19.4 Å². The van der Waals surface area contributed by atoms with Gasteiger partial charge >= 0.3 is 0 Å². The van der Waals surface area contributed by atoms with Crippen molar-refractivity contribution in [1.29, 1.82) is 0 Å². The number of rotatable bonds is 3. The fourth-order valence-electron chi connectivity index (χ4n) is 3.53. The van der Waals surface area contributed by atoms with E-state index < -0.39 is 18.2 Å². The van der Waals surface area contributed by atoms with Crippen LogP contribution in [0.25, 0.3) is 0 Å². The van der Waals surface area contributed by atoms with E-state index in [1.807, 2.05) is 0 Å². The zero-order valence-electron chi connectivity index (χ0n) is 11.8. The summed E-state index contributed by atoms with van der Waals surface area (Å²) in [6.07, 6.45) is 0.208. The summed E-state index contributed by atoms with van der Waals surface area (Å²) in [5, 5.41) is 12.4. The van der Waals surface area contributed by atoms with Crippen molar-refractivity contribution in [2.24, 2.45) is 0 Å². The smallest absolute Gasteiger partial charge is 0.248 e. The van der Waals surface area contributed by atoms with E-state index >= 15 is 0 Å². The van der Waals surface area contributed by atoms with Crippen molar-refractivity contribution in [1.82, 2.24) is 15.1 Å². The number of hydrogen-bond acceptors (Lipinski definition) is 5. The van der Waals surface area contributed by atoms with Gasteiger partial charge in [0, 0.05) is 26.6 Å². The molecule has 4 atom stereocenters. The summed E-state index contributed by atoms with van der Waals surface area (Å²) in [5.74, 6) is -0.607. The van der Waals surface area contributed by atoms with E-state index in [2.05, 4.69) is 5.32 Å². The van der Waals surface area contributed by atoms with Crippen molar-refractivity contribution in [2.45, 2.75) is 37.1 Å². The zero-order chi connectivity index (χ0) is 15.1. The maximum Gasteiger partial charge on any atom is 0.248 e. The normalized spacial score (nSPS) is 35.0. The molecule has 0 aromatic rings. The van der Waals surface area contributed by atoms with Crippen LogP contribution in [-0.2, 0) is 19.1 Å². The van der Waals surface area contributed by atoms with Crippen LogP contribution in [0.5, 0.6) is 0 Å². The first-order chi connectivity index (χ1) is 10.0. The van der Waals surface area contributed by atoms with E-state index in [4.69, 9.17) is 4.74 Å². The van der Waals surface area contributed by atoms with E-state index in [0.717, 1.165) is 0 Å². The SMILES string of the molecule is COCC(=O)N[C@H]1CCN2C(=O)[C@@H]3C[C@@H](O)CN3C(=O)[C@H]12. The molecule has 3 aliphatic heterocycles. The average Bonchev–Trinajstić information content (AvgIpc) is 3.01. The Kier molecular flexibility index (Phi) is 3.58. The van der Waals surface area contributed by atoms with Gasteiger partial charge in [0.15, 0.2) is 0 Å². The van der Waals surface area contributed by atoms with Crippen LogP contribution in [0.2, 0.25) is 0 Å². The molecule has 3 saturated heterocycles. The van der Waals surface area contributed by atoms with Crippen molar-refractivity contribution in [3.63, 3.8) is 0 Å². The lowest BCUT2D eigenvalue weighted by atomic mass is 10.0. The Morgan fingerprint density at radius 3 is 2.86 bits per heavy atom. The Morgan fingerprint density at radius 1 is 1.38 bits per heavy atom. The number of amides is 3. The summed E-state index contributed by atoms with van der Waals surface area (Å²) >= 11 is 0. The molecule has 8 nitrogen and oxygen atoms in total. The molecular weight excluding hydrogens is 278 g/mol. The molecule has 21 heavy (non-hydrogen) atoms. The molecule has 3 rings (SSSR count). The van der Waals surface area contributed by atoms with Gasteiger partial charge in [-0.2, -0.15) is 0 Å². The van der Waals surface area contributed by atoms with Crippen LogP contribution >= 0.6 is 0 Å². The minimum atomic E-state index is -0.653. The number of nitrogens with zero attached hydrogens (tertiary/aromatic N) is 2. The van der Waals surface area contributed by atoms with E-state index in [1.54, 1.807) is 4.90 Å². The molecule has 3 amide bonds. The third-order valence-electron chi connectivity index (χ3n) is 4.40. The van der Waals surface area contributed by atoms with Gasteiger partial charge in [-0.25, -0.2) is 0 Å². The molecule has 3 heterocycles. The van der Waals surface area contributed by atoms with E-state index in [9.17, 15) is 19.5 Å². The molecular formula is C13H19N3O5. The predicted molar refractivity (Wildman–Crippen MR) is 70.0 cm³/mol. The van der Waals surface area contributed by atoms with Crippen molar-refractivity contribution < 1.29 is 24.2 Å². The third-order valence-corrected chi connectivity index (χ3v) is 4.40. The number of carbonyl (C=O) groups is 3. The Balaban J connectivity index is 1.77. The highest BCUT2D eigenvalue weighted by Gasteiger charge is 2.54. The van der Waals surface area contributed by atoms with Crippen LogP contribution in [-0.4, -0.2) is 83.7 Å². The summed E-state index contributed by atoms with van der Waals surface area (Å²) in [5.41, 5.74) is 0. The third kappa shape index (κ3) is 2.28. The van der Waals surface area contributed by atoms with Gasteiger partial charge in [-0.05, 0) is 6.42 Å². The first kappa shape index (κ1) is 14.3. The predicted octanol–water partition coefficient (Wildman–Crippen LogP) is -2.31. The summed E-state index contributed by atoms with van der Waals surface area (Å²) in [4.78, 5) is 39.6. The molecule has 0 radical (unpaired) electrons. The lowest BCUT2D eigenvalue weighted by molar-refractivity contribution is -0.157. The monoisotopic (exact) mass is 297 g/mol. The summed E-state index contributed by atoms with van der Waals surface area (Å²) < 4.78 is 4.76. The van der Waals surface area contributed by atoms with Gasteiger partial charge in [0.05, 0.1) is 12.1 Å². The van der Waals surface area contributed by atoms with Gasteiger partial charge in [-0.15, -0.1) is 0 Å². The second kappa shape index (κ2) is 5.27. The maximum absolute atomic E-state index is 12.6. The van der Waals surface area contributed by atoms with Crippen LogP contribution in [0.15, 0.2) is 0 Å². The Labute approximate surface area is 122 Å². The minimum Gasteiger partial charge on any atom is -0.391 e. The second-order valence-corrected chi connectivity index (χ2v) is 5.77. The van der Waals surface area contributed by atoms with E-state index in [-0.39, 0.29) is 36.9 Å². The topological polar surface area (TPSA) is 99.2 Å². The van der Waals surface area contributed by atoms with Crippen LogP contribution in [0.1, 0.15) is 12.8 Å². The zero-order valence-corrected chi connectivity index (χ0v) is 11.8. The second-order valence-electron chi connectivity index (χ2n) is 5.77. The molecule has 0 aromatic heterocycles. The first-order valence-corrected chi connectivity index (χ1v) is 7.10. The van der Waals surface area contributed by atoms with Crippen molar-refractivity contribution in [3.8, 4) is 0 Å². The largest absolute Gasteiger partial charge is 0.391 e. The molecule has 116 valence electrons. The van der Waals surface area contributed by atoms with Crippen LogP contribution in [0.4, 0.5) is 0 Å². The molecule has 2 N–H and O–H groups in total. The Morgan fingerprint density at radius 2 is 2.14 bits per heavy atom. The highest BCUT2D eigenvalue weighted by molar-refractivity contribution is 5.99. The highest BCUT2D eigenvalue weighted by Crippen LogP contribution is 2.32. The highest BCUT2D eigenvalue weighted by atomic mass is 16.5. The maximum atomic E-state index is 12.6. The summed E-state index contributed by atoms with van der Waals surface area (Å²) in [6, 6.07) is -1.58. The number of ether oxygens (including phenoxy) is 1. The average molecular weight is 297 g/mol. The number of hydrogen-bond donors (Lipinski definition) is 2. The van der Waals surface area contributed by atoms with Gasteiger partial charge in [0.2, 0.25) is 17.7 Å². The molecule has 3 aliphatic rings. The quantitative estimate of drug-likeness (QED) is 0.610. The molecule has 3 fully saturated rings. The number of piperazine rings is 1. The Bertz CT molecular complexity index is 482. The molecule has 0 bridgehead atoms. The Hall–Kier alpha value is -1.67. The van der Waals surface area contributed by atoms with E-state index in [1.165, 1.54) is 12.0 Å². The fourth-order valence-corrected chi connectivity index (χ4v) is 3.53. The summed E-state index contributed by atoms with van der Waals surface area (Å²) in [7, 11) is 1.42. The van der Waals surface area contributed by atoms with Gasteiger partial charge < -0.3 is 25.0 Å². The first-order valence-electron chi connectivity index (χ1n) is 7.10. The minimum absolute atomic E-state index is 0.0730. The molecule has 0 aliphatic carbocycles. The molecule has 0 unspecified atom stereocenters. The summed E-state index contributed by atoms with van der Waals surface area (Å²) in [6.45, 7) is 0.572. The number of methoxy groups -OCH3 is 1. The lowest BCUT2D eigenvalue weighted by Gasteiger charge is -2.40. The van der Waals surface area contributed by atoms with Crippen molar-refractivity contribution >= 4 is 17.7 Å². The molecule has 0 saturated carbocycles. The standard InChI is InChI=1S/C13H19N3O5/c1-21-6-10(18)14-8-2-3-15-11(8)13(20)16-5-7(17)4-9(16)12(15)19/h7-9,11,17H,2-6H2,1H3,(H,14,18)/t7-,8+,9+,11+/m1/s1. The number of aliphatic hydroxyl groups excluding tert-OH is 1. The van der Waals surface area contributed by atoms with Crippen molar-refractivity contribution in [2.75, 3.05) is 26.8 Å².